The van der Waals surface area contributed by atoms with Crippen LogP contribution >= 0.6 is 0 Å². The molecule has 4 rings (SSSR count). The monoisotopic (exact) mass is 493 g/mol. The molecule has 2 amide bonds. The third-order valence-electron chi connectivity index (χ3n) is 5.78. The molecule has 0 aliphatic carbocycles. The number of carbonyl (C=O) groups excluding carboxylic acids is 2. The summed E-state index contributed by atoms with van der Waals surface area (Å²) in [4.78, 5) is 27.9. The predicted octanol–water partition coefficient (Wildman–Crippen LogP) is 3.83. The summed E-state index contributed by atoms with van der Waals surface area (Å²) in [5.41, 5.74) is 2.94. The van der Waals surface area contributed by atoms with Crippen LogP contribution in [0.5, 0.6) is 0 Å². The highest BCUT2D eigenvalue weighted by atomic mass is 32.2. The second kappa shape index (κ2) is 10.3. The van der Waals surface area contributed by atoms with Gasteiger partial charge in [-0.1, -0.05) is 35.9 Å². The van der Waals surface area contributed by atoms with Gasteiger partial charge >= 0.3 is 0 Å². The number of benzene rings is 3. The van der Waals surface area contributed by atoms with E-state index in [1.54, 1.807) is 60.4 Å². The number of para-hydroxylation sites is 1. The summed E-state index contributed by atoms with van der Waals surface area (Å²) in [6, 6.07) is 18.1. The predicted molar refractivity (Wildman–Crippen MR) is 134 cm³/mol. The van der Waals surface area contributed by atoms with E-state index < -0.39 is 15.9 Å². The lowest BCUT2D eigenvalue weighted by Crippen LogP contribution is -2.41. The van der Waals surface area contributed by atoms with Gasteiger partial charge in [0.15, 0.2) is 0 Å². The van der Waals surface area contributed by atoms with Crippen molar-refractivity contribution in [2.45, 2.75) is 18.7 Å². The first-order chi connectivity index (χ1) is 16.7. The summed E-state index contributed by atoms with van der Waals surface area (Å²) in [7, 11) is -3.83. The molecule has 9 heteroatoms. The highest BCUT2D eigenvalue weighted by Gasteiger charge is 2.22. The molecule has 0 saturated carbocycles. The lowest BCUT2D eigenvalue weighted by molar-refractivity contribution is 0.0303. The number of nitrogens with zero attached hydrogens (tertiary/aromatic N) is 1. The van der Waals surface area contributed by atoms with Crippen molar-refractivity contribution in [2.24, 2.45) is 0 Å². The third-order valence-corrected chi connectivity index (χ3v) is 7.16. The number of rotatable bonds is 6. The lowest BCUT2D eigenvalue weighted by Gasteiger charge is -2.27. The molecule has 3 aromatic rings. The van der Waals surface area contributed by atoms with Crippen LogP contribution in [0.1, 0.15) is 31.8 Å². The summed E-state index contributed by atoms with van der Waals surface area (Å²) < 4.78 is 33.6. The molecular weight excluding hydrogens is 466 g/mol. The summed E-state index contributed by atoms with van der Waals surface area (Å²) in [6.07, 6.45) is 0. The van der Waals surface area contributed by atoms with Crippen molar-refractivity contribution in [3.8, 4) is 0 Å². The van der Waals surface area contributed by atoms with Gasteiger partial charge in [-0.3, -0.25) is 14.3 Å². The topological polar surface area (TPSA) is 105 Å². The minimum Gasteiger partial charge on any atom is -0.378 e. The van der Waals surface area contributed by atoms with Gasteiger partial charge in [-0.15, -0.1) is 0 Å². The average molecular weight is 494 g/mol. The SMILES string of the molecule is Cc1ccc(S(=O)(=O)Nc2cc(C(=O)Nc3ccccc3C(=O)N3CCOCC3)ccc2C)cc1. The van der Waals surface area contributed by atoms with E-state index in [1.807, 2.05) is 6.92 Å². The zero-order chi connectivity index (χ0) is 25.0. The van der Waals surface area contributed by atoms with Crippen LogP contribution < -0.4 is 10.0 Å². The van der Waals surface area contributed by atoms with E-state index in [0.29, 0.717) is 48.8 Å². The third kappa shape index (κ3) is 5.70. The smallest absolute Gasteiger partial charge is 0.261 e. The maximum atomic E-state index is 13.1. The van der Waals surface area contributed by atoms with Crippen molar-refractivity contribution in [1.82, 2.24) is 4.90 Å². The fourth-order valence-electron chi connectivity index (χ4n) is 3.70. The Morgan fingerprint density at radius 2 is 1.57 bits per heavy atom. The van der Waals surface area contributed by atoms with Crippen LogP contribution in [0.2, 0.25) is 0 Å². The summed E-state index contributed by atoms with van der Waals surface area (Å²) in [5.74, 6) is -0.636. The molecule has 0 bridgehead atoms. The fraction of sp³-hybridized carbons (Fsp3) is 0.231. The molecule has 1 aliphatic rings. The standard InChI is InChI=1S/C26H27N3O5S/c1-18-7-11-21(12-8-18)35(32,33)28-24-17-20(10-9-19(24)2)25(30)27-23-6-4-3-5-22(23)26(31)29-13-15-34-16-14-29/h3-12,17,28H,13-16H2,1-2H3,(H,27,30). The lowest BCUT2D eigenvalue weighted by atomic mass is 10.1. The molecule has 0 aromatic heterocycles. The van der Waals surface area contributed by atoms with Gasteiger partial charge < -0.3 is 15.0 Å². The van der Waals surface area contributed by atoms with Crippen molar-refractivity contribution in [3.05, 3.63) is 89.0 Å². The van der Waals surface area contributed by atoms with Crippen molar-refractivity contribution < 1.29 is 22.7 Å². The van der Waals surface area contributed by atoms with Gasteiger partial charge in [0.05, 0.1) is 35.0 Å². The Morgan fingerprint density at radius 3 is 2.29 bits per heavy atom. The number of carbonyl (C=O) groups is 2. The largest absolute Gasteiger partial charge is 0.378 e. The number of anilines is 2. The van der Waals surface area contributed by atoms with Gasteiger partial charge in [0.2, 0.25) is 0 Å². The maximum absolute atomic E-state index is 13.1. The summed E-state index contributed by atoms with van der Waals surface area (Å²) >= 11 is 0. The van der Waals surface area contributed by atoms with Gasteiger partial charge in [0, 0.05) is 18.7 Å². The fourth-order valence-corrected chi connectivity index (χ4v) is 4.83. The van der Waals surface area contributed by atoms with Crippen molar-refractivity contribution in [3.63, 3.8) is 0 Å². The zero-order valence-electron chi connectivity index (χ0n) is 19.6. The Labute approximate surface area is 205 Å². The summed E-state index contributed by atoms with van der Waals surface area (Å²) in [5, 5.41) is 2.80. The first kappa shape index (κ1) is 24.4. The quantitative estimate of drug-likeness (QED) is 0.543. The van der Waals surface area contributed by atoms with Gasteiger partial charge in [0.1, 0.15) is 0 Å². The Kier molecular flexibility index (Phi) is 7.18. The van der Waals surface area contributed by atoms with E-state index >= 15 is 0 Å². The Hall–Kier alpha value is -3.69. The number of nitrogens with one attached hydrogen (secondary N) is 2. The number of sulfonamides is 1. The van der Waals surface area contributed by atoms with Gasteiger partial charge in [-0.05, 0) is 55.8 Å². The average Bonchev–Trinajstić information content (AvgIpc) is 2.86. The van der Waals surface area contributed by atoms with E-state index in [0.717, 1.165) is 5.56 Å². The molecule has 8 nitrogen and oxygen atoms in total. The van der Waals surface area contributed by atoms with Crippen LogP contribution in [0, 0.1) is 13.8 Å². The highest BCUT2D eigenvalue weighted by Crippen LogP contribution is 2.24. The minimum atomic E-state index is -3.83. The van der Waals surface area contributed by atoms with Crippen molar-refractivity contribution in [2.75, 3.05) is 36.3 Å². The highest BCUT2D eigenvalue weighted by molar-refractivity contribution is 7.92. The first-order valence-corrected chi connectivity index (χ1v) is 12.7. The molecular formula is C26H27N3O5S. The maximum Gasteiger partial charge on any atom is 0.261 e. The molecule has 3 aromatic carbocycles. The van der Waals surface area contributed by atoms with Crippen LogP contribution in [0.3, 0.4) is 0 Å². The summed E-state index contributed by atoms with van der Waals surface area (Å²) in [6.45, 7) is 5.57. The van der Waals surface area contributed by atoms with E-state index in [9.17, 15) is 18.0 Å². The molecule has 0 radical (unpaired) electrons. The number of ether oxygens (including phenoxy) is 1. The number of hydrogen-bond donors (Lipinski definition) is 2. The number of morpholine rings is 1. The molecule has 0 atom stereocenters. The molecule has 0 unspecified atom stereocenters. The van der Waals surface area contributed by atoms with E-state index in [1.165, 1.54) is 18.2 Å². The molecule has 0 spiro atoms. The van der Waals surface area contributed by atoms with Crippen LogP contribution in [-0.4, -0.2) is 51.4 Å². The minimum absolute atomic E-state index is 0.132. The van der Waals surface area contributed by atoms with Gasteiger partial charge in [0.25, 0.3) is 21.8 Å². The normalized spacial score (nSPS) is 13.8. The first-order valence-electron chi connectivity index (χ1n) is 11.2. The number of hydrogen-bond acceptors (Lipinski definition) is 5. The molecule has 1 saturated heterocycles. The molecule has 1 fully saturated rings. The van der Waals surface area contributed by atoms with Crippen molar-refractivity contribution >= 4 is 33.2 Å². The Bertz CT molecular complexity index is 1350. The Balaban J connectivity index is 1.55. The van der Waals surface area contributed by atoms with Gasteiger partial charge in [-0.2, -0.15) is 0 Å². The molecule has 1 heterocycles. The van der Waals surface area contributed by atoms with E-state index in [4.69, 9.17) is 4.74 Å². The zero-order valence-corrected chi connectivity index (χ0v) is 20.4. The van der Waals surface area contributed by atoms with Crippen LogP contribution in [0.15, 0.2) is 71.6 Å². The van der Waals surface area contributed by atoms with Crippen LogP contribution in [-0.2, 0) is 14.8 Å². The van der Waals surface area contributed by atoms with E-state index in [-0.39, 0.29) is 16.4 Å². The number of amides is 2. The Morgan fingerprint density at radius 1 is 0.886 bits per heavy atom. The van der Waals surface area contributed by atoms with Crippen LogP contribution in [0.4, 0.5) is 11.4 Å². The van der Waals surface area contributed by atoms with Crippen molar-refractivity contribution in [1.29, 1.82) is 0 Å². The second-order valence-electron chi connectivity index (χ2n) is 8.35. The molecule has 35 heavy (non-hydrogen) atoms. The van der Waals surface area contributed by atoms with Crippen LogP contribution in [0.25, 0.3) is 0 Å². The number of aryl methyl sites for hydroxylation is 2. The van der Waals surface area contributed by atoms with E-state index in [2.05, 4.69) is 10.0 Å². The molecule has 182 valence electrons. The molecule has 2 N–H and O–H groups in total. The second-order valence-corrected chi connectivity index (χ2v) is 10.0. The molecule has 1 aliphatic heterocycles. The van der Waals surface area contributed by atoms with Gasteiger partial charge in [-0.25, -0.2) is 8.42 Å².